The fourth-order valence-corrected chi connectivity index (χ4v) is 3.98. The third-order valence-corrected chi connectivity index (χ3v) is 5.24. The van der Waals surface area contributed by atoms with Gasteiger partial charge in [-0.25, -0.2) is 13.2 Å². The van der Waals surface area contributed by atoms with Crippen LogP contribution in [0, 0.1) is 6.92 Å². The van der Waals surface area contributed by atoms with Gasteiger partial charge in [0.15, 0.2) is 0 Å². The Morgan fingerprint density at radius 1 is 1.33 bits per heavy atom. The largest absolute Gasteiger partial charge is 0.495 e. The van der Waals surface area contributed by atoms with E-state index in [0.717, 1.165) is 11.3 Å². The first-order chi connectivity index (χ1) is 9.86. The lowest BCUT2D eigenvalue weighted by Gasteiger charge is -2.12. The van der Waals surface area contributed by atoms with Crippen molar-refractivity contribution in [1.82, 2.24) is 0 Å². The zero-order chi connectivity index (χ0) is 15.6. The van der Waals surface area contributed by atoms with Gasteiger partial charge in [-0.1, -0.05) is 12.1 Å². The smallest absolute Gasteiger partial charge is 0.348 e. The second-order valence-corrected chi connectivity index (χ2v) is 6.71. The average molecular weight is 327 g/mol. The van der Waals surface area contributed by atoms with Crippen LogP contribution in [0.1, 0.15) is 15.2 Å². The van der Waals surface area contributed by atoms with Crippen molar-refractivity contribution in [2.24, 2.45) is 0 Å². The maximum absolute atomic E-state index is 12.4. The van der Waals surface area contributed by atoms with Crippen LogP contribution in [0.2, 0.25) is 0 Å². The summed E-state index contributed by atoms with van der Waals surface area (Å²) in [7, 11) is -2.57. The molecule has 0 spiro atoms. The standard InChI is InChI=1S/C13H13NO5S2/c1-8-7-20-12(13(15)16)11(8)14-21(17,18)10-6-4-3-5-9(10)19-2/h3-7,14H,1-2H3,(H,15,16). The molecule has 6 nitrogen and oxygen atoms in total. The molecule has 0 atom stereocenters. The van der Waals surface area contributed by atoms with E-state index in [1.807, 2.05) is 0 Å². The summed E-state index contributed by atoms with van der Waals surface area (Å²) in [5.41, 5.74) is 0.634. The number of thiophene rings is 1. The minimum Gasteiger partial charge on any atom is -0.495 e. The Balaban J connectivity index is 2.48. The molecule has 0 aliphatic carbocycles. The Labute approximate surface area is 126 Å². The van der Waals surface area contributed by atoms with Crippen molar-refractivity contribution in [2.75, 3.05) is 11.8 Å². The number of hydrogen-bond acceptors (Lipinski definition) is 5. The molecule has 0 radical (unpaired) electrons. The van der Waals surface area contributed by atoms with Gasteiger partial charge in [0.2, 0.25) is 0 Å². The highest BCUT2D eigenvalue weighted by Crippen LogP contribution is 2.31. The van der Waals surface area contributed by atoms with E-state index < -0.39 is 16.0 Å². The molecule has 1 aromatic carbocycles. The highest BCUT2D eigenvalue weighted by molar-refractivity contribution is 7.92. The van der Waals surface area contributed by atoms with Crippen LogP contribution in [0.25, 0.3) is 0 Å². The van der Waals surface area contributed by atoms with Gasteiger partial charge < -0.3 is 9.84 Å². The Morgan fingerprint density at radius 3 is 2.62 bits per heavy atom. The molecule has 0 aliphatic heterocycles. The number of benzene rings is 1. The highest BCUT2D eigenvalue weighted by atomic mass is 32.2. The first-order valence-electron chi connectivity index (χ1n) is 5.84. The Kier molecular flexibility index (Phi) is 4.19. The van der Waals surface area contributed by atoms with Crippen LogP contribution in [-0.4, -0.2) is 26.6 Å². The SMILES string of the molecule is COc1ccccc1S(=O)(=O)Nc1c(C)csc1C(=O)O. The monoisotopic (exact) mass is 327 g/mol. The second kappa shape index (κ2) is 5.74. The van der Waals surface area contributed by atoms with E-state index in [4.69, 9.17) is 9.84 Å². The molecular formula is C13H13NO5S2. The summed E-state index contributed by atoms with van der Waals surface area (Å²) in [6.07, 6.45) is 0. The summed E-state index contributed by atoms with van der Waals surface area (Å²) in [4.78, 5) is 11.0. The lowest BCUT2D eigenvalue weighted by molar-refractivity contribution is 0.0703. The summed E-state index contributed by atoms with van der Waals surface area (Å²) in [6.45, 7) is 1.64. The molecule has 1 heterocycles. The van der Waals surface area contributed by atoms with Gasteiger partial charge in [-0.2, -0.15) is 0 Å². The number of aromatic carboxylic acids is 1. The average Bonchev–Trinajstić information content (AvgIpc) is 2.80. The number of hydrogen-bond donors (Lipinski definition) is 2. The maximum Gasteiger partial charge on any atom is 0.348 e. The highest BCUT2D eigenvalue weighted by Gasteiger charge is 2.24. The summed E-state index contributed by atoms with van der Waals surface area (Å²) in [6, 6.07) is 6.13. The molecule has 8 heteroatoms. The molecule has 1 aromatic heterocycles. The van der Waals surface area contributed by atoms with E-state index in [9.17, 15) is 13.2 Å². The van der Waals surface area contributed by atoms with Gasteiger partial charge >= 0.3 is 5.97 Å². The third-order valence-electron chi connectivity index (χ3n) is 2.76. The Hall–Kier alpha value is -2.06. The maximum atomic E-state index is 12.4. The van der Waals surface area contributed by atoms with Crippen LogP contribution in [0.4, 0.5) is 5.69 Å². The number of anilines is 1. The van der Waals surface area contributed by atoms with Gasteiger partial charge in [0.25, 0.3) is 10.0 Å². The van der Waals surface area contributed by atoms with Gasteiger partial charge in [0.1, 0.15) is 15.5 Å². The normalized spacial score (nSPS) is 11.1. The number of ether oxygens (including phenoxy) is 1. The quantitative estimate of drug-likeness (QED) is 0.880. The van der Waals surface area contributed by atoms with Crippen LogP contribution in [0.5, 0.6) is 5.75 Å². The molecule has 2 rings (SSSR count). The second-order valence-electron chi connectivity index (χ2n) is 4.18. The van der Waals surface area contributed by atoms with E-state index in [1.165, 1.54) is 19.2 Å². The minimum atomic E-state index is -3.94. The number of carboxylic acids is 1. The van der Waals surface area contributed by atoms with Crippen LogP contribution in [-0.2, 0) is 10.0 Å². The van der Waals surface area contributed by atoms with Gasteiger partial charge in [0, 0.05) is 0 Å². The van der Waals surface area contributed by atoms with E-state index in [2.05, 4.69) is 4.72 Å². The van der Waals surface area contributed by atoms with Crippen molar-refractivity contribution >= 4 is 33.0 Å². The molecule has 2 N–H and O–H groups in total. The lowest BCUT2D eigenvalue weighted by atomic mass is 10.3. The zero-order valence-electron chi connectivity index (χ0n) is 11.3. The van der Waals surface area contributed by atoms with E-state index in [1.54, 1.807) is 24.4 Å². The number of aryl methyl sites for hydroxylation is 1. The summed E-state index contributed by atoms with van der Waals surface area (Å²) >= 11 is 0.972. The number of nitrogens with one attached hydrogen (secondary N) is 1. The van der Waals surface area contributed by atoms with Crippen molar-refractivity contribution < 1.29 is 23.1 Å². The van der Waals surface area contributed by atoms with E-state index >= 15 is 0 Å². The molecule has 112 valence electrons. The van der Waals surface area contributed by atoms with E-state index in [0.29, 0.717) is 5.56 Å². The molecule has 0 saturated carbocycles. The number of sulfonamides is 1. The molecule has 0 aliphatic rings. The Bertz CT molecular complexity index is 780. The van der Waals surface area contributed by atoms with Crippen molar-refractivity contribution in [3.63, 3.8) is 0 Å². The summed E-state index contributed by atoms with van der Waals surface area (Å²) in [5, 5.41) is 10.7. The van der Waals surface area contributed by atoms with E-state index in [-0.39, 0.29) is 21.2 Å². The van der Waals surface area contributed by atoms with Gasteiger partial charge in [0.05, 0.1) is 12.8 Å². The first-order valence-corrected chi connectivity index (χ1v) is 8.20. The Morgan fingerprint density at radius 2 is 2.00 bits per heavy atom. The van der Waals surface area contributed by atoms with Crippen LogP contribution in [0.15, 0.2) is 34.5 Å². The zero-order valence-corrected chi connectivity index (χ0v) is 12.9. The van der Waals surface area contributed by atoms with Crippen LogP contribution < -0.4 is 9.46 Å². The van der Waals surface area contributed by atoms with Crippen LogP contribution >= 0.6 is 11.3 Å². The molecule has 0 saturated heterocycles. The van der Waals surface area contributed by atoms with Gasteiger partial charge in [-0.3, -0.25) is 4.72 Å². The minimum absolute atomic E-state index is 0.0468. The number of carbonyl (C=O) groups is 1. The molecule has 0 bridgehead atoms. The molecule has 0 fully saturated rings. The van der Waals surface area contributed by atoms with Crippen molar-refractivity contribution in [1.29, 1.82) is 0 Å². The molecule has 0 amide bonds. The number of carboxylic acid groups (broad SMARTS) is 1. The molecule has 2 aromatic rings. The number of para-hydroxylation sites is 1. The summed E-state index contributed by atoms with van der Waals surface area (Å²) < 4.78 is 32.2. The summed E-state index contributed by atoms with van der Waals surface area (Å²) in [5.74, 6) is -0.986. The van der Waals surface area contributed by atoms with Crippen molar-refractivity contribution in [3.8, 4) is 5.75 Å². The lowest BCUT2D eigenvalue weighted by Crippen LogP contribution is -2.16. The predicted molar refractivity (Wildman–Crippen MR) is 79.8 cm³/mol. The van der Waals surface area contributed by atoms with Gasteiger partial charge in [-0.15, -0.1) is 11.3 Å². The number of rotatable bonds is 5. The van der Waals surface area contributed by atoms with Gasteiger partial charge in [-0.05, 0) is 30.0 Å². The fourth-order valence-electron chi connectivity index (χ4n) is 1.76. The number of methoxy groups -OCH3 is 1. The third kappa shape index (κ3) is 3.01. The van der Waals surface area contributed by atoms with Crippen molar-refractivity contribution in [3.05, 3.63) is 40.1 Å². The molecule has 21 heavy (non-hydrogen) atoms. The fraction of sp³-hybridized carbons (Fsp3) is 0.154. The van der Waals surface area contributed by atoms with Crippen molar-refractivity contribution in [2.45, 2.75) is 11.8 Å². The molecule has 0 unspecified atom stereocenters. The predicted octanol–water partition coefficient (Wildman–Crippen LogP) is 2.56. The van der Waals surface area contributed by atoms with Crippen LogP contribution in [0.3, 0.4) is 0 Å². The topological polar surface area (TPSA) is 92.7 Å². The molecular weight excluding hydrogens is 314 g/mol. The first kappa shape index (κ1) is 15.3.